The van der Waals surface area contributed by atoms with Crippen molar-refractivity contribution in [3.8, 4) is 0 Å². The van der Waals surface area contributed by atoms with E-state index in [1.165, 1.54) is 0 Å². The van der Waals surface area contributed by atoms with Crippen LogP contribution in [0, 0.1) is 0 Å². The van der Waals surface area contributed by atoms with Crippen LogP contribution in [-0.4, -0.2) is 17.9 Å². The average molecular weight is 381 g/mol. The Morgan fingerprint density at radius 1 is 0.852 bits per heavy atom. The average Bonchev–Trinajstić information content (AvgIpc) is 2.67. The van der Waals surface area contributed by atoms with Crippen molar-refractivity contribution in [1.82, 2.24) is 10.6 Å². The molecule has 3 rings (SSSR count). The second kappa shape index (κ2) is 8.23. The maximum Gasteiger partial charge on any atom is 0.251 e. The third kappa shape index (κ3) is 4.47. The summed E-state index contributed by atoms with van der Waals surface area (Å²) < 4.78 is 0. The van der Waals surface area contributed by atoms with E-state index in [0.717, 1.165) is 16.3 Å². The van der Waals surface area contributed by atoms with E-state index in [2.05, 4.69) is 10.6 Å². The van der Waals surface area contributed by atoms with E-state index in [1.807, 2.05) is 49.4 Å². The van der Waals surface area contributed by atoms with E-state index in [0.29, 0.717) is 10.6 Å². The number of hydrogen-bond donors (Lipinski definition) is 2. The second-order valence-electron chi connectivity index (χ2n) is 6.50. The summed E-state index contributed by atoms with van der Waals surface area (Å²) in [7, 11) is 0. The van der Waals surface area contributed by atoms with Crippen LogP contribution in [-0.2, 0) is 4.79 Å². The molecule has 3 aromatic carbocycles. The van der Waals surface area contributed by atoms with E-state index in [9.17, 15) is 9.59 Å². The smallest absolute Gasteiger partial charge is 0.251 e. The standard InChI is InChI=1S/C22H21ClN2O2/c1-14(19-9-5-7-16-6-3-4-8-20(16)19)24-21(26)15(2)25-22(27)17-10-12-18(23)13-11-17/h3-15H,1-2H3,(H,24,26)(H,25,27). The number of fused-ring (bicyclic) bond motifs is 1. The van der Waals surface area contributed by atoms with Crippen LogP contribution in [0.3, 0.4) is 0 Å². The quantitative estimate of drug-likeness (QED) is 0.685. The van der Waals surface area contributed by atoms with Gasteiger partial charge in [0.25, 0.3) is 5.91 Å². The van der Waals surface area contributed by atoms with Gasteiger partial charge in [-0.15, -0.1) is 0 Å². The minimum absolute atomic E-state index is 0.182. The van der Waals surface area contributed by atoms with Crippen molar-refractivity contribution in [2.75, 3.05) is 0 Å². The van der Waals surface area contributed by atoms with Crippen molar-refractivity contribution in [1.29, 1.82) is 0 Å². The Morgan fingerprint density at radius 2 is 1.52 bits per heavy atom. The molecule has 0 aromatic heterocycles. The summed E-state index contributed by atoms with van der Waals surface area (Å²) in [5.41, 5.74) is 1.50. The predicted molar refractivity (Wildman–Crippen MR) is 109 cm³/mol. The molecule has 0 spiro atoms. The lowest BCUT2D eigenvalue weighted by Crippen LogP contribution is -2.45. The van der Waals surface area contributed by atoms with Crippen molar-refractivity contribution in [2.24, 2.45) is 0 Å². The number of hydrogen-bond acceptors (Lipinski definition) is 2. The highest BCUT2D eigenvalue weighted by Crippen LogP contribution is 2.24. The molecular formula is C22H21ClN2O2. The first kappa shape index (κ1) is 18.9. The molecule has 0 bridgehead atoms. The Kier molecular flexibility index (Phi) is 5.77. The first-order valence-corrected chi connectivity index (χ1v) is 9.18. The molecule has 2 atom stereocenters. The number of halogens is 1. The van der Waals surface area contributed by atoms with Crippen molar-refractivity contribution in [3.63, 3.8) is 0 Å². The van der Waals surface area contributed by atoms with Crippen LogP contribution in [0.5, 0.6) is 0 Å². The van der Waals surface area contributed by atoms with E-state index in [-0.39, 0.29) is 17.9 Å². The Morgan fingerprint density at radius 3 is 2.26 bits per heavy atom. The summed E-state index contributed by atoms with van der Waals surface area (Å²) in [6, 6.07) is 19.8. The van der Waals surface area contributed by atoms with Crippen molar-refractivity contribution in [3.05, 3.63) is 82.9 Å². The van der Waals surface area contributed by atoms with Crippen molar-refractivity contribution in [2.45, 2.75) is 25.9 Å². The molecule has 0 aliphatic rings. The van der Waals surface area contributed by atoms with E-state index in [1.54, 1.807) is 31.2 Å². The number of nitrogens with one attached hydrogen (secondary N) is 2. The van der Waals surface area contributed by atoms with Crippen LogP contribution >= 0.6 is 11.6 Å². The fourth-order valence-corrected chi connectivity index (χ4v) is 3.12. The van der Waals surface area contributed by atoms with Crippen molar-refractivity contribution >= 4 is 34.2 Å². The number of carbonyl (C=O) groups is 2. The maximum atomic E-state index is 12.5. The zero-order valence-corrected chi connectivity index (χ0v) is 16.0. The first-order chi connectivity index (χ1) is 13.0. The SMILES string of the molecule is CC(NC(=O)c1ccc(Cl)cc1)C(=O)NC(C)c1cccc2ccccc12. The maximum absolute atomic E-state index is 12.5. The Bertz CT molecular complexity index is 964. The Balaban J connectivity index is 1.66. The molecule has 2 N–H and O–H groups in total. The third-order valence-corrected chi connectivity index (χ3v) is 4.75. The lowest BCUT2D eigenvalue weighted by molar-refractivity contribution is -0.123. The van der Waals surface area contributed by atoms with Crippen LogP contribution in [0.15, 0.2) is 66.7 Å². The van der Waals surface area contributed by atoms with Crippen LogP contribution in [0.2, 0.25) is 5.02 Å². The van der Waals surface area contributed by atoms with Gasteiger partial charge in [-0.2, -0.15) is 0 Å². The number of amides is 2. The molecule has 0 heterocycles. The van der Waals surface area contributed by atoms with Gasteiger partial charge in [-0.3, -0.25) is 9.59 Å². The summed E-state index contributed by atoms with van der Waals surface area (Å²) in [6.45, 7) is 3.60. The minimum Gasteiger partial charge on any atom is -0.348 e. The Hall–Kier alpha value is -2.85. The largest absolute Gasteiger partial charge is 0.348 e. The lowest BCUT2D eigenvalue weighted by atomic mass is 9.99. The van der Waals surface area contributed by atoms with Gasteiger partial charge in [0, 0.05) is 10.6 Å². The molecule has 2 amide bonds. The number of benzene rings is 3. The van der Waals surface area contributed by atoms with Gasteiger partial charge in [-0.05, 0) is 54.4 Å². The molecule has 27 heavy (non-hydrogen) atoms. The van der Waals surface area contributed by atoms with E-state index >= 15 is 0 Å². The van der Waals surface area contributed by atoms with Gasteiger partial charge in [0.05, 0.1) is 6.04 Å². The van der Waals surface area contributed by atoms with Gasteiger partial charge in [-0.1, -0.05) is 54.1 Å². The number of carbonyl (C=O) groups excluding carboxylic acids is 2. The minimum atomic E-state index is -0.661. The molecule has 2 unspecified atom stereocenters. The zero-order valence-electron chi connectivity index (χ0n) is 15.2. The second-order valence-corrected chi connectivity index (χ2v) is 6.94. The molecular weight excluding hydrogens is 360 g/mol. The Labute approximate surface area is 163 Å². The summed E-state index contributed by atoms with van der Waals surface area (Å²) in [4.78, 5) is 24.8. The van der Waals surface area contributed by atoms with Crippen LogP contribution in [0.4, 0.5) is 0 Å². The summed E-state index contributed by atoms with van der Waals surface area (Å²) in [5.74, 6) is -0.551. The van der Waals surface area contributed by atoms with Gasteiger partial charge in [-0.25, -0.2) is 0 Å². The fourth-order valence-electron chi connectivity index (χ4n) is 2.99. The van der Waals surface area contributed by atoms with Crippen LogP contribution in [0.1, 0.15) is 35.8 Å². The van der Waals surface area contributed by atoms with Crippen LogP contribution < -0.4 is 10.6 Å². The van der Waals surface area contributed by atoms with Gasteiger partial charge < -0.3 is 10.6 Å². The predicted octanol–water partition coefficient (Wildman–Crippen LogP) is 4.49. The third-order valence-electron chi connectivity index (χ3n) is 4.50. The highest BCUT2D eigenvalue weighted by molar-refractivity contribution is 6.30. The molecule has 0 radical (unpaired) electrons. The lowest BCUT2D eigenvalue weighted by Gasteiger charge is -2.20. The molecule has 0 saturated heterocycles. The number of rotatable bonds is 5. The molecule has 5 heteroatoms. The van der Waals surface area contributed by atoms with E-state index < -0.39 is 6.04 Å². The van der Waals surface area contributed by atoms with Crippen molar-refractivity contribution < 1.29 is 9.59 Å². The highest BCUT2D eigenvalue weighted by Gasteiger charge is 2.19. The molecule has 138 valence electrons. The monoisotopic (exact) mass is 380 g/mol. The van der Waals surface area contributed by atoms with Gasteiger partial charge >= 0.3 is 0 Å². The fraction of sp³-hybridized carbons (Fsp3) is 0.182. The van der Waals surface area contributed by atoms with Gasteiger partial charge in [0.2, 0.25) is 5.91 Å². The van der Waals surface area contributed by atoms with Gasteiger partial charge in [0.15, 0.2) is 0 Å². The first-order valence-electron chi connectivity index (χ1n) is 8.80. The molecule has 4 nitrogen and oxygen atoms in total. The summed E-state index contributed by atoms with van der Waals surface area (Å²) in [5, 5.41) is 8.48. The van der Waals surface area contributed by atoms with Crippen LogP contribution in [0.25, 0.3) is 10.8 Å². The normalized spacial score (nSPS) is 13.0. The summed E-state index contributed by atoms with van der Waals surface area (Å²) >= 11 is 5.83. The summed E-state index contributed by atoms with van der Waals surface area (Å²) in [6.07, 6.45) is 0. The molecule has 0 saturated carbocycles. The molecule has 3 aromatic rings. The topological polar surface area (TPSA) is 58.2 Å². The van der Waals surface area contributed by atoms with E-state index in [4.69, 9.17) is 11.6 Å². The molecule has 0 fully saturated rings. The van der Waals surface area contributed by atoms with Gasteiger partial charge in [0.1, 0.15) is 6.04 Å². The zero-order chi connectivity index (χ0) is 19.4. The molecule has 0 aliphatic carbocycles. The highest BCUT2D eigenvalue weighted by atomic mass is 35.5. The molecule has 0 aliphatic heterocycles.